The SMILES string of the molecule is OC(Cc1ccc(Cl)cc1)c1c(F)cc(F)cc1F. The summed E-state index contributed by atoms with van der Waals surface area (Å²) in [5.74, 6) is -3.21. The number of rotatable bonds is 3. The van der Waals surface area contributed by atoms with E-state index in [-0.39, 0.29) is 6.42 Å². The van der Waals surface area contributed by atoms with Crippen LogP contribution in [0.2, 0.25) is 5.02 Å². The fourth-order valence-electron chi connectivity index (χ4n) is 1.82. The van der Waals surface area contributed by atoms with Crippen LogP contribution in [0.25, 0.3) is 0 Å². The van der Waals surface area contributed by atoms with Gasteiger partial charge in [-0.25, -0.2) is 13.2 Å². The maximum absolute atomic E-state index is 13.5. The molecule has 0 aromatic heterocycles. The third-order valence-corrected chi connectivity index (χ3v) is 2.97. The number of hydrogen-bond acceptors (Lipinski definition) is 1. The zero-order valence-electron chi connectivity index (χ0n) is 9.71. The van der Waals surface area contributed by atoms with Crippen LogP contribution in [-0.4, -0.2) is 5.11 Å². The summed E-state index contributed by atoms with van der Waals surface area (Å²) in [6, 6.07) is 7.60. The van der Waals surface area contributed by atoms with Crippen LogP contribution >= 0.6 is 11.6 Å². The van der Waals surface area contributed by atoms with Gasteiger partial charge in [-0.15, -0.1) is 0 Å². The summed E-state index contributed by atoms with van der Waals surface area (Å²) in [6.45, 7) is 0. The molecule has 0 saturated heterocycles. The molecule has 100 valence electrons. The average molecular weight is 287 g/mol. The summed E-state index contributed by atoms with van der Waals surface area (Å²) in [4.78, 5) is 0. The molecular formula is C14H10ClF3O. The first-order valence-corrected chi connectivity index (χ1v) is 5.92. The van der Waals surface area contributed by atoms with Gasteiger partial charge < -0.3 is 5.11 Å². The Hall–Kier alpha value is -1.52. The predicted molar refractivity (Wildman–Crippen MR) is 66.4 cm³/mol. The molecule has 19 heavy (non-hydrogen) atoms. The molecule has 0 fully saturated rings. The Labute approximate surface area is 113 Å². The van der Waals surface area contributed by atoms with E-state index < -0.39 is 29.1 Å². The molecule has 0 amide bonds. The van der Waals surface area contributed by atoms with Gasteiger partial charge >= 0.3 is 0 Å². The van der Waals surface area contributed by atoms with E-state index in [1.54, 1.807) is 24.3 Å². The van der Waals surface area contributed by atoms with Crippen LogP contribution < -0.4 is 0 Å². The lowest BCUT2D eigenvalue weighted by atomic mass is 10.0. The number of aliphatic hydroxyl groups is 1. The van der Waals surface area contributed by atoms with E-state index in [2.05, 4.69) is 0 Å². The molecule has 2 aromatic rings. The fraction of sp³-hybridized carbons (Fsp3) is 0.143. The molecule has 0 aliphatic heterocycles. The van der Waals surface area contributed by atoms with Crippen LogP contribution in [0, 0.1) is 17.5 Å². The fourth-order valence-corrected chi connectivity index (χ4v) is 1.94. The molecule has 5 heteroatoms. The highest BCUT2D eigenvalue weighted by atomic mass is 35.5. The van der Waals surface area contributed by atoms with E-state index >= 15 is 0 Å². The third kappa shape index (κ3) is 3.28. The summed E-state index contributed by atoms with van der Waals surface area (Å²) >= 11 is 5.71. The van der Waals surface area contributed by atoms with Crippen molar-refractivity contribution in [3.63, 3.8) is 0 Å². The van der Waals surface area contributed by atoms with Crippen molar-refractivity contribution in [1.29, 1.82) is 0 Å². The Morgan fingerprint density at radius 2 is 1.53 bits per heavy atom. The predicted octanol–water partition coefficient (Wildman–Crippen LogP) is 4.03. The van der Waals surface area contributed by atoms with Crippen molar-refractivity contribution in [2.75, 3.05) is 0 Å². The lowest BCUT2D eigenvalue weighted by Crippen LogP contribution is -2.08. The number of hydrogen-bond donors (Lipinski definition) is 1. The van der Waals surface area contributed by atoms with Gasteiger partial charge in [-0.05, 0) is 17.7 Å². The van der Waals surface area contributed by atoms with Crippen molar-refractivity contribution in [2.24, 2.45) is 0 Å². The standard InChI is InChI=1S/C14H10ClF3O/c15-9-3-1-8(2-4-9)5-13(19)14-11(17)6-10(16)7-12(14)18/h1-4,6-7,13,19H,5H2. The molecule has 0 spiro atoms. The molecule has 1 nitrogen and oxygen atoms in total. The number of benzene rings is 2. The molecule has 0 heterocycles. The van der Waals surface area contributed by atoms with Crippen molar-refractivity contribution in [1.82, 2.24) is 0 Å². The van der Waals surface area contributed by atoms with Gasteiger partial charge in [-0.1, -0.05) is 23.7 Å². The second-order valence-corrected chi connectivity index (χ2v) is 4.57. The quantitative estimate of drug-likeness (QED) is 0.903. The first-order chi connectivity index (χ1) is 8.97. The topological polar surface area (TPSA) is 20.2 Å². The van der Waals surface area contributed by atoms with E-state index in [0.29, 0.717) is 22.7 Å². The second kappa shape index (κ2) is 5.63. The first-order valence-electron chi connectivity index (χ1n) is 5.54. The van der Waals surface area contributed by atoms with Crippen LogP contribution in [0.5, 0.6) is 0 Å². The summed E-state index contributed by atoms with van der Waals surface area (Å²) in [6.07, 6.45) is -1.38. The molecular weight excluding hydrogens is 277 g/mol. The largest absolute Gasteiger partial charge is 0.388 e. The molecule has 1 atom stereocenters. The van der Waals surface area contributed by atoms with Crippen LogP contribution in [0.15, 0.2) is 36.4 Å². The van der Waals surface area contributed by atoms with Gasteiger partial charge in [-0.2, -0.15) is 0 Å². The Bertz CT molecular complexity index is 561. The van der Waals surface area contributed by atoms with E-state index in [9.17, 15) is 18.3 Å². The minimum Gasteiger partial charge on any atom is -0.388 e. The Morgan fingerprint density at radius 3 is 2.05 bits per heavy atom. The summed E-state index contributed by atoms with van der Waals surface area (Å²) in [7, 11) is 0. The molecule has 0 bridgehead atoms. The minimum atomic E-state index is -1.39. The van der Waals surface area contributed by atoms with Crippen molar-refractivity contribution in [3.05, 3.63) is 70.0 Å². The zero-order valence-corrected chi connectivity index (χ0v) is 10.5. The van der Waals surface area contributed by atoms with Gasteiger partial charge in [0, 0.05) is 23.6 Å². The smallest absolute Gasteiger partial charge is 0.134 e. The highest BCUT2D eigenvalue weighted by Gasteiger charge is 2.19. The molecule has 1 N–H and O–H groups in total. The average Bonchev–Trinajstić information content (AvgIpc) is 2.30. The van der Waals surface area contributed by atoms with Gasteiger partial charge in [0.2, 0.25) is 0 Å². The second-order valence-electron chi connectivity index (χ2n) is 4.13. The lowest BCUT2D eigenvalue weighted by Gasteiger charge is -2.13. The Kier molecular flexibility index (Phi) is 4.12. The van der Waals surface area contributed by atoms with Gasteiger partial charge in [0.15, 0.2) is 0 Å². The molecule has 0 aliphatic rings. The van der Waals surface area contributed by atoms with Crippen LogP contribution in [-0.2, 0) is 6.42 Å². The Morgan fingerprint density at radius 1 is 1.00 bits per heavy atom. The lowest BCUT2D eigenvalue weighted by molar-refractivity contribution is 0.168. The highest BCUT2D eigenvalue weighted by molar-refractivity contribution is 6.30. The van der Waals surface area contributed by atoms with E-state index in [0.717, 1.165) is 0 Å². The van der Waals surface area contributed by atoms with Gasteiger partial charge in [-0.3, -0.25) is 0 Å². The monoisotopic (exact) mass is 286 g/mol. The molecule has 1 unspecified atom stereocenters. The zero-order chi connectivity index (χ0) is 14.0. The van der Waals surface area contributed by atoms with Gasteiger partial charge in [0.25, 0.3) is 0 Å². The molecule has 2 aromatic carbocycles. The van der Waals surface area contributed by atoms with Crippen molar-refractivity contribution in [3.8, 4) is 0 Å². The Balaban J connectivity index is 2.25. The summed E-state index contributed by atoms with van der Waals surface area (Å²) in [5.41, 5.74) is 0.136. The number of aliphatic hydroxyl groups excluding tert-OH is 1. The van der Waals surface area contributed by atoms with Crippen LogP contribution in [0.4, 0.5) is 13.2 Å². The number of halogens is 4. The first kappa shape index (κ1) is 13.9. The van der Waals surface area contributed by atoms with Crippen molar-refractivity contribution in [2.45, 2.75) is 12.5 Å². The molecule has 0 radical (unpaired) electrons. The highest BCUT2D eigenvalue weighted by Crippen LogP contribution is 2.25. The molecule has 0 saturated carbocycles. The maximum atomic E-state index is 13.5. The summed E-state index contributed by atoms with van der Waals surface area (Å²) < 4.78 is 39.7. The molecule has 0 aliphatic carbocycles. The van der Waals surface area contributed by atoms with E-state index in [4.69, 9.17) is 11.6 Å². The summed E-state index contributed by atoms with van der Waals surface area (Å²) in [5, 5.41) is 10.4. The van der Waals surface area contributed by atoms with Crippen molar-refractivity contribution >= 4 is 11.6 Å². The third-order valence-electron chi connectivity index (χ3n) is 2.72. The minimum absolute atomic E-state index is 0.0106. The van der Waals surface area contributed by atoms with Crippen LogP contribution in [0.1, 0.15) is 17.2 Å². The van der Waals surface area contributed by atoms with Crippen molar-refractivity contribution < 1.29 is 18.3 Å². The van der Waals surface area contributed by atoms with Gasteiger partial charge in [0.1, 0.15) is 17.5 Å². The molecule has 2 rings (SSSR count). The normalized spacial score (nSPS) is 12.5. The van der Waals surface area contributed by atoms with E-state index in [1.165, 1.54) is 0 Å². The maximum Gasteiger partial charge on any atom is 0.134 e. The van der Waals surface area contributed by atoms with Crippen LogP contribution in [0.3, 0.4) is 0 Å². The van der Waals surface area contributed by atoms with E-state index in [1.807, 2.05) is 0 Å². The van der Waals surface area contributed by atoms with Gasteiger partial charge in [0.05, 0.1) is 11.7 Å².